The number of hydrogen-bond acceptors (Lipinski definition) is 3. The molecule has 0 bridgehead atoms. The number of ketones is 1. The molecule has 0 aromatic rings. The fourth-order valence-corrected chi connectivity index (χ4v) is 3.13. The number of carbonyl (C=O) groups is 2. The quantitative estimate of drug-likeness (QED) is 0.471. The van der Waals surface area contributed by atoms with E-state index >= 15 is 0 Å². The van der Waals surface area contributed by atoms with Crippen LogP contribution in [0.3, 0.4) is 0 Å². The maximum atomic E-state index is 11.8. The SMILES string of the molecule is CC(=O)SCCCCCCCCCCC(=O)C1C=CC=C1. The molecule has 0 spiro atoms. The number of allylic oxidation sites excluding steroid dienone is 4. The summed E-state index contributed by atoms with van der Waals surface area (Å²) in [7, 11) is 0. The Hall–Kier alpha value is -0.830. The first-order valence-corrected chi connectivity index (χ1v) is 9.20. The normalized spacial score (nSPS) is 14.0. The first-order valence-electron chi connectivity index (χ1n) is 8.21. The van der Waals surface area contributed by atoms with Crippen LogP contribution >= 0.6 is 11.8 Å². The van der Waals surface area contributed by atoms with Gasteiger partial charge in [-0.3, -0.25) is 9.59 Å². The molecule has 0 unspecified atom stereocenters. The standard InChI is InChI=1S/C18H28O2S/c1-16(19)21-15-11-7-5-3-2-4-6-8-14-18(20)17-12-9-10-13-17/h9-10,12-13,17H,2-8,11,14-15H2,1H3. The van der Waals surface area contributed by atoms with Crippen LogP contribution in [0.5, 0.6) is 0 Å². The van der Waals surface area contributed by atoms with Gasteiger partial charge in [0.05, 0.1) is 5.92 Å². The highest BCUT2D eigenvalue weighted by Crippen LogP contribution is 2.16. The minimum atomic E-state index is 0.0536. The van der Waals surface area contributed by atoms with Crippen molar-refractivity contribution in [3.63, 3.8) is 0 Å². The Morgan fingerprint density at radius 2 is 1.38 bits per heavy atom. The molecule has 0 saturated heterocycles. The minimum absolute atomic E-state index is 0.0536. The Morgan fingerprint density at radius 3 is 1.95 bits per heavy atom. The number of Topliss-reactive ketones (excluding diaryl/α,β-unsaturated/α-hetero) is 1. The summed E-state index contributed by atoms with van der Waals surface area (Å²) in [4.78, 5) is 22.5. The van der Waals surface area contributed by atoms with Gasteiger partial charge in [-0.05, 0) is 12.8 Å². The molecule has 0 aromatic heterocycles. The van der Waals surface area contributed by atoms with Crippen LogP contribution in [0.2, 0.25) is 0 Å². The molecule has 0 aromatic carbocycles. The topological polar surface area (TPSA) is 34.1 Å². The molecule has 2 nitrogen and oxygen atoms in total. The van der Waals surface area contributed by atoms with Crippen LogP contribution in [0, 0.1) is 5.92 Å². The predicted molar refractivity (Wildman–Crippen MR) is 91.5 cm³/mol. The second-order valence-corrected chi connectivity index (χ2v) is 6.95. The molecule has 3 heteroatoms. The van der Waals surface area contributed by atoms with Crippen molar-refractivity contribution in [3.05, 3.63) is 24.3 Å². The van der Waals surface area contributed by atoms with E-state index in [-0.39, 0.29) is 11.0 Å². The lowest BCUT2D eigenvalue weighted by Crippen LogP contribution is -2.07. The average Bonchev–Trinajstić information content (AvgIpc) is 2.98. The third kappa shape index (κ3) is 9.67. The van der Waals surface area contributed by atoms with Gasteiger partial charge in [0.15, 0.2) is 5.12 Å². The molecule has 0 fully saturated rings. The largest absolute Gasteiger partial charge is 0.299 e. The Kier molecular flexibility index (Phi) is 10.2. The summed E-state index contributed by atoms with van der Waals surface area (Å²) in [6.45, 7) is 1.63. The number of rotatable bonds is 12. The van der Waals surface area contributed by atoms with Crippen LogP contribution in [-0.2, 0) is 9.59 Å². The molecule has 1 aliphatic rings. The second-order valence-electron chi connectivity index (χ2n) is 5.68. The molecule has 1 rings (SSSR count). The van der Waals surface area contributed by atoms with Crippen LogP contribution < -0.4 is 0 Å². The molecule has 0 radical (unpaired) electrons. The maximum Gasteiger partial charge on any atom is 0.185 e. The van der Waals surface area contributed by atoms with Gasteiger partial charge >= 0.3 is 0 Å². The fraction of sp³-hybridized carbons (Fsp3) is 0.667. The van der Waals surface area contributed by atoms with Crippen LogP contribution in [0.4, 0.5) is 0 Å². The maximum absolute atomic E-state index is 11.8. The van der Waals surface area contributed by atoms with E-state index in [4.69, 9.17) is 0 Å². The first-order chi connectivity index (χ1) is 10.2. The van der Waals surface area contributed by atoms with Crippen molar-refractivity contribution in [3.8, 4) is 0 Å². The minimum Gasteiger partial charge on any atom is -0.299 e. The van der Waals surface area contributed by atoms with Crippen LogP contribution in [-0.4, -0.2) is 16.7 Å². The van der Waals surface area contributed by atoms with E-state index in [9.17, 15) is 9.59 Å². The Balaban J connectivity index is 1.80. The van der Waals surface area contributed by atoms with Gasteiger partial charge in [-0.2, -0.15) is 0 Å². The molecular weight excluding hydrogens is 280 g/mol. The van der Waals surface area contributed by atoms with Crippen molar-refractivity contribution in [2.24, 2.45) is 5.92 Å². The van der Waals surface area contributed by atoms with Crippen molar-refractivity contribution < 1.29 is 9.59 Å². The first kappa shape index (κ1) is 18.2. The smallest absolute Gasteiger partial charge is 0.185 e. The van der Waals surface area contributed by atoms with Crippen molar-refractivity contribution in [1.82, 2.24) is 0 Å². The lowest BCUT2D eigenvalue weighted by Gasteiger charge is -2.05. The molecule has 0 N–H and O–H groups in total. The third-order valence-corrected chi connectivity index (χ3v) is 4.64. The summed E-state index contributed by atoms with van der Waals surface area (Å²) >= 11 is 1.44. The predicted octanol–water partition coefficient (Wildman–Crippen LogP) is 5.09. The van der Waals surface area contributed by atoms with E-state index in [2.05, 4.69) is 0 Å². The van der Waals surface area contributed by atoms with E-state index in [1.54, 1.807) is 6.92 Å². The van der Waals surface area contributed by atoms with Gasteiger partial charge in [0.25, 0.3) is 0 Å². The van der Waals surface area contributed by atoms with Crippen LogP contribution in [0.15, 0.2) is 24.3 Å². The van der Waals surface area contributed by atoms with Gasteiger partial charge in [0.2, 0.25) is 0 Å². The molecule has 0 atom stereocenters. The van der Waals surface area contributed by atoms with Gasteiger partial charge < -0.3 is 0 Å². The lowest BCUT2D eigenvalue weighted by molar-refractivity contribution is -0.120. The molecule has 0 saturated carbocycles. The van der Waals surface area contributed by atoms with E-state index < -0.39 is 0 Å². The highest BCUT2D eigenvalue weighted by atomic mass is 32.2. The van der Waals surface area contributed by atoms with Gasteiger partial charge in [-0.25, -0.2) is 0 Å². The molecule has 0 heterocycles. The summed E-state index contributed by atoms with van der Waals surface area (Å²) in [6, 6.07) is 0. The molecule has 21 heavy (non-hydrogen) atoms. The molecular formula is C18H28O2S. The fourth-order valence-electron chi connectivity index (χ4n) is 2.49. The summed E-state index contributed by atoms with van der Waals surface area (Å²) in [6.07, 6.45) is 18.3. The summed E-state index contributed by atoms with van der Waals surface area (Å²) in [5.41, 5.74) is 0. The Labute approximate surface area is 133 Å². The van der Waals surface area contributed by atoms with Crippen molar-refractivity contribution in [2.45, 2.75) is 64.7 Å². The lowest BCUT2D eigenvalue weighted by atomic mass is 10.00. The molecule has 0 aliphatic heterocycles. The molecule has 118 valence electrons. The number of thioether (sulfide) groups is 1. The van der Waals surface area contributed by atoms with Crippen LogP contribution in [0.25, 0.3) is 0 Å². The van der Waals surface area contributed by atoms with E-state index in [1.807, 2.05) is 24.3 Å². The molecule has 0 amide bonds. The third-order valence-electron chi connectivity index (χ3n) is 3.74. The monoisotopic (exact) mass is 308 g/mol. The van der Waals surface area contributed by atoms with Gasteiger partial charge in [0, 0.05) is 19.1 Å². The molecule has 1 aliphatic carbocycles. The van der Waals surface area contributed by atoms with E-state index in [1.165, 1.54) is 50.3 Å². The van der Waals surface area contributed by atoms with Crippen LogP contribution in [0.1, 0.15) is 64.7 Å². The zero-order valence-corrected chi connectivity index (χ0v) is 14.0. The van der Waals surface area contributed by atoms with Crippen molar-refractivity contribution in [2.75, 3.05) is 5.75 Å². The highest BCUT2D eigenvalue weighted by Gasteiger charge is 2.12. The Bertz CT molecular complexity index is 359. The average molecular weight is 308 g/mol. The van der Waals surface area contributed by atoms with Gasteiger partial charge in [-0.1, -0.05) is 74.6 Å². The zero-order chi connectivity index (χ0) is 15.3. The van der Waals surface area contributed by atoms with Crippen molar-refractivity contribution >= 4 is 22.7 Å². The van der Waals surface area contributed by atoms with Gasteiger partial charge in [0.1, 0.15) is 5.78 Å². The second kappa shape index (κ2) is 11.8. The summed E-state index contributed by atoms with van der Waals surface area (Å²) in [5.74, 6) is 1.39. The summed E-state index contributed by atoms with van der Waals surface area (Å²) in [5, 5.41) is 0.230. The zero-order valence-electron chi connectivity index (χ0n) is 13.2. The number of unbranched alkanes of at least 4 members (excludes halogenated alkanes) is 7. The van der Waals surface area contributed by atoms with E-state index in [0.29, 0.717) is 5.78 Å². The van der Waals surface area contributed by atoms with Crippen molar-refractivity contribution in [1.29, 1.82) is 0 Å². The number of carbonyl (C=O) groups excluding carboxylic acids is 2. The summed E-state index contributed by atoms with van der Waals surface area (Å²) < 4.78 is 0. The highest BCUT2D eigenvalue weighted by molar-refractivity contribution is 8.13. The van der Waals surface area contributed by atoms with E-state index in [0.717, 1.165) is 25.0 Å². The van der Waals surface area contributed by atoms with Gasteiger partial charge in [-0.15, -0.1) is 0 Å². The Morgan fingerprint density at radius 1 is 0.857 bits per heavy atom. The number of hydrogen-bond donors (Lipinski definition) is 0.